The Morgan fingerprint density at radius 3 is 2.44 bits per heavy atom. The van der Waals surface area contributed by atoms with Crippen molar-refractivity contribution in [1.29, 1.82) is 5.26 Å². The zero-order valence-corrected chi connectivity index (χ0v) is 10.7. The Kier molecular flexibility index (Phi) is 5.21. The van der Waals surface area contributed by atoms with Crippen LogP contribution in [0.3, 0.4) is 0 Å². The molecule has 3 heteroatoms. The topological polar surface area (TPSA) is 27.0 Å². The summed E-state index contributed by atoms with van der Waals surface area (Å²) in [6.45, 7) is 3.19. The van der Waals surface area contributed by atoms with Crippen molar-refractivity contribution in [2.24, 2.45) is 5.92 Å². The molecule has 0 saturated carbocycles. The van der Waals surface area contributed by atoms with Crippen molar-refractivity contribution in [2.45, 2.75) is 13.3 Å². The number of anilines is 1. The van der Waals surface area contributed by atoms with Crippen LogP contribution in [0.4, 0.5) is 5.69 Å². The highest BCUT2D eigenvalue weighted by Crippen LogP contribution is 2.16. The third kappa shape index (κ3) is 3.46. The molecule has 0 aliphatic rings. The molecular formula is C13H18N2S. The van der Waals surface area contributed by atoms with E-state index in [-0.39, 0.29) is 0 Å². The van der Waals surface area contributed by atoms with Crippen molar-refractivity contribution in [3.63, 3.8) is 0 Å². The van der Waals surface area contributed by atoms with Crippen LogP contribution in [0.15, 0.2) is 24.3 Å². The van der Waals surface area contributed by atoms with Gasteiger partial charge in [0.25, 0.3) is 0 Å². The molecule has 0 fully saturated rings. The van der Waals surface area contributed by atoms with E-state index >= 15 is 0 Å². The monoisotopic (exact) mass is 234 g/mol. The molecule has 1 unspecified atom stereocenters. The van der Waals surface area contributed by atoms with Gasteiger partial charge < -0.3 is 4.90 Å². The Hall–Kier alpha value is -1.14. The summed E-state index contributed by atoms with van der Waals surface area (Å²) in [4.78, 5) is 2.21. The van der Waals surface area contributed by atoms with Gasteiger partial charge in [-0.25, -0.2) is 0 Å². The number of hydrogen-bond acceptors (Lipinski definition) is 3. The van der Waals surface area contributed by atoms with Crippen LogP contribution in [0.1, 0.15) is 18.9 Å². The first-order valence-corrected chi connectivity index (χ1v) is 6.16. The first-order chi connectivity index (χ1) is 7.71. The van der Waals surface area contributed by atoms with Gasteiger partial charge in [0.2, 0.25) is 0 Å². The van der Waals surface area contributed by atoms with Gasteiger partial charge in [0.1, 0.15) is 0 Å². The molecule has 0 aliphatic heterocycles. The number of rotatable bonds is 5. The molecule has 0 spiro atoms. The lowest BCUT2D eigenvalue weighted by Gasteiger charge is -2.24. The molecule has 0 amide bonds. The average molecular weight is 234 g/mol. The molecule has 0 N–H and O–H groups in total. The number of nitrogens with zero attached hydrogens (tertiary/aromatic N) is 2. The van der Waals surface area contributed by atoms with Crippen LogP contribution in [0, 0.1) is 17.2 Å². The van der Waals surface area contributed by atoms with E-state index in [1.807, 2.05) is 24.3 Å². The lowest BCUT2D eigenvalue weighted by molar-refractivity contribution is 0.570. The smallest absolute Gasteiger partial charge is 0.0991 e. The Morgan fingerprint density at radius 2 is 2.00 bits per heavy atom. The van der Waals surface area contributed by atoms with E-state index in [0.29, 0.717) is 11.5 Å². The third-order valence-corrected chi connectivity index (χ3v) is 3.32. The van der Waals surface area contributed by atoms with Gasteiger partial charge in [0, 0.05) is 19.3 Å². The highest BCUT2D eigenvalue weighted by Gasteiger charge is 2.08. The third-order valence-electron chi connectivity index (χ3n) is 2.80. The largest absolute Gasteiger partial charge is 0.374 e. The summed E-state index contributed by atoms with van der Waals surface area (Å²) in [7, 11) is 2.08. The predicted octanol–water partition coefficient (Wildman–Crippen LogP) is 2.95. The lowest BCUT2D eigenvalue weighted by Crippen LogP contribution is -2.25. The molecule has 1 aromatic rings. The number of benzene rings is 1. The molecule has 1 rings (SSSR count). The summed E-state index contributed by atoms with van der Waals surface area (Å²) in [5, 5.41) is 8.71. The summed E-state index contributed by atoms with van der Waals surface area (Å²) in [5.74, 6) is 1.53. The summed E-state index contributed by atoms with van der Waals surface area (Å²) < 4.78 is 0. The van der Waals surface area contributed by atoms with Crippen molar-refractivity contribution in [2.75, 3.05) is 24.2 Å². The van der Waals surface area contributed by atoms with Gasteiger partial charge in [-0.3, -0.25) is 0 Å². The van der Waals surface area contributed by atoms with Crippen LogP contribution in [-0.2, 0) is 0 Å². The van der Waals surface area contributed by atoms with Crippen molar-refractivity contribution in [3.8, 4) is 6.07 Å². The highest BCUT2D eigenvalue weighted by molar-refractivity contribution is 7.80. The second-order valence-electron chi connectivity index (χ2n) is 4.00. The number of thiol groups is 1. The second kappa shape index (κ2) is 6.44. The first-order valence-electron chi connectivity index (χ1n) is 5.53. The van der Waals surface area contributed by atoms with Crippen LogP contribution in [0.25, 0.3) is 0 Å². The predicted molar refractivity (Wildman–Crippen MR) is 72.1 cm³/mol. The summed E-state index contributed by atoms with van der Waals surface area (Å²) in [5.41, 5.74) is 1.86. The maximum absolute atomic E-state index is 8.71. The zero-order chi connectivity index (χ0) is 12.0. The minimum Gasteiger partial charge on any atom is -0.374 e. The van der Waals surface area contributed by atoms with Gasteiger partial charge in [0.05, 0.1) is 11.6 Å². The van der Waals surface area contributed by atoms with Crippen LogP contribution in [0.2, 0.25) is 0 Å². The molecule has 1 aromatic carbocycles. The minimum atomic E-state index is 0.615. The Bertz CT molecular complexity index is 349. The minimum absolute atomic E-state index is 0.615. The van der Waals surface area contributed by atoms with E-state index in [9.17, 15) is 0 Å². The molecule has 0 heterocycles. The van der Waals surface area contributed by atoms with Gasteiger partial charge in [-0.15, -0.1) is 0 Å². The Labute approximate surface area is 103 Å². The average Bonchev–Trinajstić information content (AvgIpc) is 2.35. The van der Waals surface area contributed by atoms with Crippen LogP contribution in [-0.4, -0.2) is 19.3 Å². The van der Waals surface area contributed by atoms with Gasteiger partial charge >= 0.3 is 0 Å². The number of nitriles is 1. The van der Waals surface area contributed by atoms with Crippen molar-refractivity contribution >= 4 is 18.3 Å². The highest BCUT2D eigenvalue weighted by atomic mass is 32.1. The van der Waals surface area contributed by atoms with Crippen molar-refractivity contribution < 1.29 is 0 Å². The Morgan fingerprint density at radius 1 is 1.38 bits per heavy atom. The molecule has 86 valence electrons. The molecule has 0 radical (unpaired) electrons. The van der Waals surface area contributed by atoms with Crippen LogP contribution in [0.5, 0.6) is 0 Å². The Balaban J connectivity index is 2.65. The molecule has 16 heavy (non-hydrogen) atoms. The zero-order valence-electron chi connectivity index (χ0n) is 9.85. The van der Waals surface area contributed by atoms with E-state index in [2.05, 4.69) is 37.6 Å². The molecule has 1 atom stereocenters. The standard InChI is InChI=1S/C13H18N2S/c1-3-11(10-16)9-15(2)13-6-4-12(8-14)5-7-13/h4-7,11,16H,3,9-10H2,1-2H3. The maximum atomic E-state index is 8.71. The van der Waals surface area contributed by atoms with E-state index in [1.165, 1.54) is 0 Å². The summed E-state index contributed by atoms with van der Waals surface area (Å²) >= 11 is 4.34. The molecule has 0 saturated heterocycles. The maximum Gasteiger partial charge on any atom is 0.0991 e. The van der Waals surface area contributed by atoms with Crippen molar-refractivity contribution in [1.82, 2.24) is 0 Å². The fourth-order valence-corrected chi connectivity index (χ4v) is 1.97. The van der Waals surface area contributed by atoms with E-state index in [4.69, 9.17) is 5.26 Å². The SMILES string of the molecule is CCC(CS)CN(C)c1ccc(C#N)cc1. The molecule has 0 aromatic heterocycles. The van der Waals surface area contributed by atoms with Gasteiger partial charge in [0.15, 0.2) is 0 Å². The summed E-state index contributed by atoms with van der Waals surface area (Å²) in [6.07, 6.45) is 1.14. The quantitative estimate of drug-likeness (QED) is 0.793. The van der Waals surface area contributed by atoms with Crippen LogP contribution < -0.4 is 4.90 Å². The first kappa shape index (κ1) is 12.9. The normalized spacial score (nSPS) is 11.9. The lowest BCUT2D eigenvalue weighted by atomic mass is 10.1. The molecule has 2 nitrogen and oxygen atoms in total. The second-order valence-corrected chi connectivity index (χ2v) is 4.36. The van der Waals surface area contributed by atoms with Gasteiger partial charge in [-0.2, -0.15) is 17.9 Å². The van der Waals surface area contributed by atoms with Gasteiger partial charge in [-0.05, 0) is 35.9 Å². The number of hydrogen-bond donors (Lipinski definition) is 1. The van der Waals surface area contributed by atoms with E-state index < -0.39 is 0 Å². The molecular weight excluding hydrogens is 216 g/mol. The van der Waals surface area contributed by atoms with Crippen molar-refractivity contribution in [3.05, 3.63) is 29.8 Å². The molecule has 0 aliphatic carbocycles. The van der Waals surface area contributed by atoms with E-state index in [1.54, 1.807) is 0 Å². The fourth-order valence-electron chi connectivity index (χ4n) is 1.60. The fraction of sp³-hybridized carbons (Fsp3) is 0.462. The summed E-state index contributed by atoms with van der Waals surface area (Å²) in [6, 6.07) is 9.81. The van der Waals surface area contributed by atoms with E-state index in [0.717, 1.165) is 24.4 Å². The molecule has 0 bridgehead atoms. The van der Waals surface area contributed by atoms with Gasteiger partial charge in [-0.1, -0.05) is 13.3 Å². The van der Waals surface area contributed by atoms with Crippen LogP contribution >= 0.6 is 12.6 Å².